The molecule has 5 heteroatoms. The van der Waals surface area contributed by atoms with Crippen molar-refractivity contribution in [1.82, 2.24) is 5.32 Å². The summed E-state index contributed by atoms with van der Waals surface area (Å²) in [6.45, 7) is 7.17. The van der Waals surface area contributed by atoms with Gasteiger partial charge in [0.2, 0.25) is 0 Å². The number of benzene rings is 1. The Balaban J connectivity index is 2.14. The van der Waals surface area contributed by atoms with E-state index in [1.54, 1.807) is 26.0 Å². The molecule has 2 rings (SSSR count). The SMILES string of the molecule is CC1=CC(=O)C=C(C)C1(NC(=O)COc1ccccc1)OC(C)C. The maximum Gasteiger partial charge on any atom is 0.260 e. The third-order valence-corrected chi connectivity index (χ3v) is 3.67. The van der Waals surface area contributed by atoms with Gasteiger partial charge in [0.15, 0.2) is 18.1 Å². The number of nitrogens with one attached hydrogen (secondary N) is 1. The van der Waals surface area contributed by atoms with Crippen molar-refractivity contribution < 1.29 is 19.1 Å². The van der Waals surface area contributed by atoms with E-state index in [0.717, 1.165) is 0 Å². The number of amides is 1. The van der Waals surface area contributed by atoms with E-state index in [0.29, 0.717) is 16.9 Å². The van der Waals surface area contributed by atoms with Crippen LogP contribution in [0.15, 0.2) is 53.6 Å². The van der Waals surface area contributed by atoms with E-state index >= 15 is 0 Å². The van der Waals surface area contributed by atoms with Gasteiger partial charge in [0.25, 0.3) is 5.91 Å². The van der Waals surface area contributed by atoms with Crippen molar-refractivity contribution in [2.24, 2.45) is 0 Å². The van der Waals surface area contributed by atoms with Crippen LogP contribution in [0.3, 0.4) is 0 Å². The number of rotatable bonds is 6. The van der Waals surface area contributed by atoms with Crippen LogP contribution in [0.2, 0.25) is 0 Å². The summed E-state index contributed by atoms with van der Waals surface area (Å²) < 4.78 is 11.5. The summed E-state index contributed by atoms with van der Waals surface area (Å²) in [5, 5.41) is 2.88. The number of ketones is 1. The molecule has 0 fully saturated rings. The molecule has 1 N–H and O–H groups in total. The summed E-state index contributed by atoms with van der Waals surface area (Å²) in [5.74, 6) is 0.182. The molecule has 1 amide bonds. The van der Waals surface area contributed by atoms with Crippen LogP contribution < -0.4 is 10.1 Å². The number of hydrogen-bond donors (Lipinski definition) is 1. The molecule has 0 saturated carbocycles. The van der Waals surface area contributed by atoms with Crippen molar-refractivity contribution in [2.45, 2.75) is 39.5 Å². The van der Waals surface area contributed by atoms with Crippen LogP contribution in [0.5, 0.6) is 5.75 Å². The Morgan fingerprint density at radius 2 is 1.71 bits per heavy atom. The fraction of sp³-hybridized carbons (Fsp3) is 0.368. The molecule has 0 heterocycles. The van der Waals surface area contributed by atoms with Gasteiger partial charge in [0.05, 0.1) is 6.10 Å². The van der Waals surface area contributed by atoms with E-state index in [1.807, 2.05) is 32.0 Å². The molecule has 1 aromatic carbocycles. The van der Waals surface area contributed by atoms with Crippen molar-refractivity contribution in [3.8, 4) is 5.75 Å². The molecule has 1 aliphatic carbocycles. The molecule has 0 aromatic heterocycles. The quantitative estimate of drug-likeness (QED) is 0.815. The molecular formula is C19H23NO4. The van der Waals surface area contributed by atoms with E-state index in [1.165, 1.54) is 12.2 Å². The number of ether oxygens (including phenoxy) is 2. The van der Waals surface area contributed by atoms with Gasteiger partial charge in [0, 0.05) is 0 Å². The Kier molecular flexibility index (Phi) is 5.57. The first-order valence-electron chi connectivity index (χ1n) is 7.91. The fourth-order valence-corrected chi connectivity index (χ4v) is 2.65. The van der Waals surface area contributed by atoms with Crippen molar-refractivity contribution in [3.63, 3.8) is 0 Å². The Morgan fingerprint density at radius 3 is 2.25 bits per heavy atom. The highest BCUT2D eigenvalue weighted by Crippen LogP contribution is 2.31. The molecule has 0 aliphatic heterocycles. The van der Waals surface area contributed by atoms with Crippen LogP contribution in [0.25, 0.3) is 0 Å². The Morgan fingerprint density at radius 1 is 1.12 bits per heavy atom. The zero-order chi connectivity index (χ0) is 17.7. The van der Waals surface area contributed by atoms with E-state index in [9.17, 15) is 9.59 Å². The molecule has 5 nitrogen and oxygen atoms in total. The molecule has 0 bridgehead atoms. The van der Waals surface area contributed by atoms with Gasteiger partial charge >= 0.3 is 0 Å². The average Bonchev–Trinajstić information content (AvgIpc) is 2.51. The van der Waals surface area contributed by atoms with Crippen molar-refractivity contribution >= 4 is 11.7 Å². The van der Waals surface area contributed by atoms with Crippen LogP contribution in [0.4, 0.5) is 0 Å². The minimum atomic E-state index is -1.11. The standard InChI is InChI=1S/C19H23NO4/c1-13(2)24-19(14(3)10-16(21)11-15(19)4)20-18(22)12-23-17-8-6-5-7-9-17/h5-11,13H,12H2,1-4H3,(H,20,22). The summed E-state index contributed by atoms with van der Waals surface area (Å²) in [7, 11) is 0. The lowest BCUT2D eigenvalue weighted by Crippen LogP contribution is -2.56. The summed E-state index contributed by atoms with van der Waals surface area (Å²) in [4.78, 5) is 24.1. The minimum absolute atomic E-state index is 0.109. The van der Waals surface area contributed by atoms with Crippen molar-refractivity contribution in [2.75, 3.05) is 6.61 Å². The zero-order valence-corrected chi connectivity index (χ0v) is 14.5. The van der Waals surface area contributed by atoms with E-state index in [2.05, 4.69) is 5.32 Å². The highest BCUT2D eigenvalue weighted by molar-refractivity contribution is 6.02. The highest BCUT2D eigenvalue weighted by Gasteiger charge is 2.40. The lowest BCUT2D eigenvalue weighted by atomic mass is 9.89. The Labute approximate surface area is 142 Å². The summed E-state index contributed by atoms with van der Waals surface area (Å²) in [5.41, 5.74) is 0.183. The smallest absolute Gasteiger partial charge is 0.260 e. The van der Waals surface area contributed by atoms with E-state index in [-0.39, 0.29) is 24.4 Å². The normalized spacial score (nSPS) is 16.5. The van der Waals surface area contributed by atoms with Crippen LogP contribution in [0.1, 0.15) is 27.7 Å². The van der Waals surface area contributed by atoms with Gasteiger partial charge in [-0.1, -0.05) is 18.2 Å². The van der Waals surface area contributed by atoms with E-state index in [4.69, 9.17) is 9.47 Å². The largest absolute Gasteiger partial charge is 0.484 e. The molecular weight excluding hydrogens is 306 g/mol. The average molecular weight is 329 g/mol. The van der Waals surface area contributed by atoms with Gasteiger partial charge in [-0.15, -0.1) is 0 Å². The first-order valence-corrected chi connectivity index (χ1v) is 7.91. The van der Waals surface area contributed by atoms with Crippen molar-refractivity contribution in [3.05, 3.63) is 53.6 Å². The summed E-state index contributed by atoms with van der Waals surface area (Å²) in [6.07, 6.45) is 2.82. The molecule has 1 aromatic rings. The second-order valence-corrected chi connectivity index (χ2v) is 6.05. The van der Waals surface area contributed by atoms with Crippen molar-refractivity contribution in [1.29, 1.82) is 0 Å². The topological polar surface area (TPSA) is 64.6 Å². The number of carbonyl (C=O) groups is 2. The maximum absolute atomic E-state index is 12.4. The van der Waals surface area contributed by atoms with E-state index < -0.39 is 5.72 Å². The van der Waals surface area contributed by atoms with Gasteiger partial charge in [-0.3, -0.25) is 9.59 Å². The first kappa shape index (κ1) is 17.9. The first-order chi connectivity index (χ1) is 11.3. The van der Waals surface area contributed by atoms with Gasteiger partial charge in [-0.05, 0) is 63.1 Å². The molecule has 128 valence electrons. The van der Waals surface area contributed by atoms with Crippen LogP contribution in [-0.4, -0.2) is 30.1 Å². The predicted octanol–water partition coefficient (Wildman–Crippen LogP) is 2.78. The monoisotopic (exact) mass is 329 g/mol. The number of para-hydroxylation sites is 1. The molecule has 0 atom stereocenters. The second kappa shape index (κ2) is 7.45. The van der Waals surface area contributed by atoms with Gasteiger partial charge < -0.3 is 14.8 Å². The van der Waals surface area contributed by atoms with Crippen LogP contribution in [0, 0.1) is 0 Å². The molecule has 24 heavy (non-hydrogen) atoms. The molecule has 0 saturated heterocycles. The number of carbonyl (C=O) groups excluding carboxylic acids is 2. The molecule has 0 unspecified atom stereocenters. The molecule has 0 radical (unpaired) electrons. The minimum Gasteiger partial charge on any atom is -0.484 e. The fourth-order valence-electron chi connectivity index (χ4n) is 2.65. The summed E-state index contributed by atoms with van der Waals surface area (Å²) in [6, 6.07) is 9.11. The predicted molar refractivity (Wildman–Crippen MR) is 91.6 cm³/mol. The van der Waals surface area contributed by atoms with Crippen LogP contribution in [-0.2, 0) is 14.3 Å². The zero-order valence-electron chi connectivity index (χ0n) is 14.5. The number of hydrogen-bond acceptors (Lipinski definition) is 4. The third-order valence-electron chi connectivity index (χ3n) is 3.67. The number of allylic oxidation sites excluding steroid dienone is 2. The molecule has 1 aliphatic rings. The summed E-state index contributed by atoms with van der Waals surface area (Å²) >= 11 is 0. The Hall–Kier alpha value is -2.40. The van der Waals surface area contributed by atoms with Gasteiger partial charge in [-0.25, -0.2) is 0 Å². The third kappa shape index (κ3) is 4.11. The maximum atomic E-state index is 12.4. The van der Waals surface area contributed by atoms with Gasteiger partial charge in [-0.2, -0.15) is 0 Å². The Bertz CT molecular complexity index is 652. The second-order valence-electron chi connectivity index (χ2n) is 6.05. The molecule has 0 spiro atoms. The van der Waals surface area contributed by atoms with Gasteiger partial charge in [0.1, 0.15) is 5.75 Å². The lowest BCUT2D eigenvalue weighted by molar-refractivity contribution is -0.133. The highest BCUT2D eigenvalue weighted by atomic mass is 16.5. The van der Waals surface area contributed by atoms with Crippen LogP contribution >= 0.6 is 0 Å². The lowest BCUT2D eigenvalue weighted by Gasteiger charge is -2.39.